The Morgan fingerprint density at radius 1 is 1.17 bits per heavy atom. The molecule has 0 saturated carbocycles. The summed E-state index contributed by atoms with van der Waals surface area (Å²) in [6.07, 6.45) is 4.47. The third-order valence-corrected chi connectivity index (χ3v) is 4.47. The Morgan fingerprint density at radius 3 is 2.61 bits per heavy atom. The molecule has 1 fully saturated rings. The minimum absolute atomic E-state index is 0.0180. The number of benzene rings is 1. The number of nitrogens with zero attached hydrogens (tertiary/aromatic N) is 1. The number of hydrogen-bond donors (Lipinski definition) is 1. The van der Waals surface area contributed by atoms with E-state index in [1.54, 1.807) is 23.1 Å². The third kappa shape index (κ3) is 3.82. The number of furan rings is 1. The molecule has 2 aromatic rings. The zero-order chi connectivity index (χ0) is 16.2. The molecule has 2 heterocycles. The van der Waals surface area contributed by atoms with Crippen molar-refractivity contribution >= 4 is 27.7 Å². The van der Waals surface area contributed by atoms with Crippen molar-refractivity contribution in [2.45, 2.75) is 18.9 Å². The molecular formula is C17H17BrN2O3. The molecular weight excluding hydrogens is 360 g/mol. The van der Waals surface area contributed by atoms with Crippen molar-refractivity contribution in [1.29, 1.82) is 0 Å². The van der Waals surface area contributed by atoms with Crippen LogP contribution in [0.1, 0.15) is 33.6 Å². The fourth-order valence-corrected chi connectivity index (χ4v) is 3.09. The largest absolute Gasteiger partial charge is 0.472 e. The van der Waals surface area contributed by atoms with Crippen LogP contribution in [0.15, 0.2) is 51.7 Å². The molecule has 0 spiro atoms. The molecule has 0 atom stereocenters. The van der Waals surface area contributed by atoms with Crippen LogP contribution in [0.4, 0.5) is 0 Å². The second kappa shape index (κ2) is 7.00. The van der Waals surface area contributed by atoms with Crippen LogP contribution in [0, 0.1) is 0 Å². The standard InChI is InChI=1S/C17H17BrN2O3/c18-14-3-1-2-12(10-14)16(21)19-15-4-7-20(8-5-15)17(22)13-6-9-23-11-13/h1-3,6,9-11,15H,4-5,7-8H2,(H,19,21). The molecule has 1 N–H and O–H groups in total. The van der Waals surface area contributed by atoms with E-state index in [0.29, 0.717) is 24.2 Å². The van der Waals surface area contributed by atoms with Crippen molar-refractivity contribution < 1.29 is 14.0 Å². The highest BCUT2D eigenvalue weighted by atomic mass is 79.9. The van der Waals surface area contributed by atoms with E-state index in [2.05, 4.69) is 21.2 Å². The number of carbonyl (C=O) groups excluding carboxylic acids is 2. The van der Waals surface area contributed by atoms with Crippen molar-refractivity contribution in [1.82, 2.24) is 10.2 Å². The molecule has 2 amide bonds. The van der Waals surface area contributed by atoms with Crippen LogP contribution in [-0.2, 0) is 0 Å². The van der Waals surface area contributed by atoms with Crippen LogP contribution in [-0.4, -0.2) is 35.8 Å². The number of rotatable bonds is 3. The molecule has 5 nitrogen and oxygen atoms in total. The van der Waals surface area contributed by atoms with Gasteiger partial charge in [-0.3, -0.25) is 9.59 Å². The monoisotopic (exact) mass is 376 g/mol. The lowest BCUT2D eigenvalue weighted by Crippen LogP contribution is -2.46. The summed E-state index contributed by atoms with van der Waals surface area (Å²) in [6, 6.07) is 9.07. The van der Waals surface area contributed by atoms with E-state index in [1.165, 1.54) is 12.5 Å². The normalized spacial score (nSPS) is 15.4. The molecule has 0 aliphatic carbocycles. The maximum Gasteiger partial charge on any atom is 0.257 e. The lowest BCUT2D eigenvalue weighted by molar-refractivity contribution is 0.0697. The van der Waals surface area contributed by atoms with Crippen molar-refractivity contribution in [2.24, 2.45) is 0 Å². The average Bonchev–Trinajstić information content (AvgIpc) is 3.09. The van der Waals surface area contributed by atoms with E-state index in [-0.39, 0.29) is 17.9 Å². The second-order valence-electron chi connectivity index (χ2n) is 5.56. The van der Waals surface area contributed by atoms with Crippen molar-refractivity contribution in [3.8, 4) is 0 Å². The first-order valence-corrected chi connectivity index (χ1v) is 8.30. The van der Waals surface area contributed by atoms with E-state index in [9.17, 15) is 9.59 Å². The summed E-state index contributed by atoms with van der Waals surface area (Å²) in [7, 11) is 0. The molecule has 120 valence electrons. The molecule has 23 heavy (non-hydrogen) atoms. The first kappa shape index (κ1) is 15.8. The van der Waals surface area contributed by atoms with Crippen LogP contribution < -0.4 is 5.32 Å². The maximum atomic E-state index is 12.2. The summed E-state index contributed by atoms with van der Waals surface area (Å²) < 4.78 is 5.83. The van der Waals surface area contributed by atoms with Gasteiger partial charge in [-0.25, -0.2) is 0 Å². The highest BCUT2D eigenvalue weighted by molar-refractivity contribution is 9.10. The third-order valence-electron chi connectivity index (χ3n) is 3.97. The molecule has 1 aromatic heterocycles. The molecule has 0 unspecified atom stereocenters. The lowest BCUT2D eigenvalue weighted by Gasteiger charge is -2.32. The molecule has 3 rings (SSSR count). The van der Waals surface area contributed by atoms with E-state index in [0.717, 1.165) is 17.3 Å². The lowest BCUT2D eigenvalue weighted by atomic mass is 10.0. The number of nitrogens with one attached hydrogen (secondary N) is 1. The number of amides is 2. The zero-order valence-corrected chi connectivity index (χ0v) is 14.1. The minimum Gasteiger partial charge on any atom is -0.472 e. The zero-order valence-electron chi connectivity index (χ0n) is 12.5. The average molecular weight is 377 g/mol. The number of piperidine rings is 1. The number of carbonyl (C=O) groups is 2. The summed E-state index contributed by atoms with van der Waals surface area (Å²) >= 11 is 3.37. The van der Waals surface area contributed by atoms with Gasteiger partial charge in [0.05, 0.1) is 11.8 Å². The highest BCUT2D eigenvalue weighted by Gasteiger charge is 2.25. The molecule has 1 aliphatic heterocycles. The Hall–Kier alpha value is -2.08. The van der Waals surface area contributed by atoms with Crippen LogP contribution in [0.2, 0.25) is 0 Å². The van der Waals surface area contributed by atoms with Gasteiger partial charge in [-0.15, -0.1) is 0 Å². The van der Waals surface area contributed by atoms with Crippen LogP contribution in [0.5, 0.6) is 0 Å². The van der Waals surface area contributed by atoms with Gasteiger partial charge in [0.1, 0.15) is 6.26 Å². The Bertz CT molecular complexity index is 692. The summed E-state index contributed by atoms with van der Waals surface area (Å²) in [5.74, 6) is -0.0959. The van der Waals surface area contributed by atoms with Crippen LogP contribution in [0.3, 0.4) is 0 Å². The number of likely N-dealkylation sites (tertiary alicyclic amines) is 1. The number of halogens is 1. The van der Waals surface area contributed by atoms with E-state index in [4.69, 9.17) is 4.42 Å². The quantitative estimate of drug-likeness (QED) is 0.894. The van der Waals surface area contributed by atoms with Gasteiger partial charge in [-0.2, -0.15) is 0 Å². The summed E-state index contributed by atoms with van der Waals surface area (Å²) in [5, 5.41) is 3.04. The van der Waals surface area contributed by atoms with Crippen molar-refractivity contribution in [3.63, 3.8) is 0 Å². The SMILES string of the molecule is O=C(NC1CCN(C(=O)c2ccoc2)CC1)c1cccc(Br)c1. The molecule has 1 aromatic carbocycles. The summed E-state index contributed by atoms with van der Waals surface area (Å²) in [6.45, 7) is 1.26. The predicted octanol–water partition coefficient (Wildman–Crippen LogP) is 3.08. The fourth-order valence-electron chi connectivity index (χ4n) is 2.69. The Balaban J connectivity index is 1.53. The van der Waals surface area contributed by atoms with Gasteiger partial charge < -0.3 is 14.6 Å². The fraction of sp³-hybridized carbons (Fsp3) is 0.294. The first-order valence-electron chi connectivity index (χ1n) is 7.51. The van der Waals surface area contributed by atoms with Gasteiger partial charge >= 0.3 is 0 Å². The maximum absolute atomic E-state index is 12.2. The highest BCUT2D eigenvalue weighted by Crippen LogP contribution is 2.16. The van der Waals surface area contributed by atoms with Gasteiger partial charge in [0, 0.05) is 29.2 Å². The van der Waals surface area contributed by atoms with Gasteiger partial charge in [0.15, 0.2) is 0 Å². The van der Waals surface area contributed by atoms with E-state index < -0.39 is 0 Å². The number of hydrogen-bond acceptors (Lipinski definition) is 3. The van der Waals surface area contributed by atoms with Gasteiger partial charge in [-0.05, 0) is 37.1 Å². The molecule has 1 aliphatic rings. The van der Waals surface area contributed by atoms with Gasteiger partial charge in [0.25, 0.3) is 11.8 Å². The topological polar surface area (TPSA) is 62.6 Å². The molecule has 0 bridgehead atoms. The Labute approximate surface area is 142 Å². The molecule has 0 radical (unpaired) electrons. The van der Waals surface area contributed by atoms with Crippen LogP contribution in [0.25, 0.3) is 0 Å². The smallest absolute Gasteiger partial charge is 0.257 e. The summed E-state index contributed by atoms with van der Waals surface area (Å²) in [4.78, 5) is 26.3. The summed E-state index contributed by atoms with van der Waals surface area (Å²) in [5.41, 5.74) is 1.21. The van der Waals surface area contributed by atoms with Crippen molar-refractivity contribution in [2.75, 3.05) is 13.1 Å². The predicted molar refractivity (Wildman–Crippen MR) is 89.2 cm³/mol. The Kier molecular flexibility index (Phi) is 4.81. The molecule has 6 heteroatoms. The van der Waals surface area contributed by atoms with Gasteiger partial charge in [0.2, 0.25) is 0 Å². The Morgan fingerprint density at radius 2 is 1.96 bits per heavy atom. The molecule has 1 saturated heterocycles. The first-order chi connectivity index (χ1) is 11.1. The van der Waals surface area contributed by atoms with E-state index in [1.807, 2.05) is 12.1 Å². The second-order valence-corrected chi connectivity index (χ2v) is 6.48. The minimum atomic E-state index is -0.0779. The van der Waals surface area contributed by atoms with E-state index >= 15 is 0 Å². The van der Waals surface area contributed by atoms with Gasteiger partial charge in [-0.1, -0.05) is 22.0 Å². The van der Waals surface area contributed by atoms with Crippen molar-refractivity contribution in [3.05, 3.63) is 58.5 Å². The van der Waals surface area contributed by atoms with Crippen LogP contribution >= 0.6 is 15.9 Å².